The Morgan fingerprint density at radius 2 is 2.20 bits per heavy atom. The normalized spacial score (nSPS) is 20.1. The maximum Gasteiger partial charge on any atom is 0.166 e. The number of hydrogen-bond donors (Lipinski definition) is 0. The zero-order valence-corrected chi connectivity index (χ0v) is 12.9. The molecule has 0 unspecified atom stereocenters. The number of hydrogen-bond acceptors (Lipinski definition) is 4. The molecule has 0 radical (unpaired) electrons. The molecule has 0 spiro atoms. The second-order valence-corrected chi connectivity index (χ2v) is 5.51. The molecule has 0 bridgehead atoms. The lowest BCUT2D eigenvalue weighted by molar-refractivity contribution is -0.00484. The first-order chi connectivity index (χ1) is 9.61. The van der Waals surface area contributed by atoms with E-state index in [-0.39, 0.29) is 6.10 Å². The number of nitrogens with zero attached hydrogens (tertiary/aromatic N) is 1. The molecule has 112 valence electrons. The highest BCUT2D eigenvalue weighted by molar-refractivity contribution is 5.46. The van der Waals surface area contributed by atoms with Gasteiger partial charge in [-0.05, 0) is 26.8 Å². The van der Waals surface area contributed by atoms with Crippen LogP contribution in [0.2, 0.25) is 0 Å². The van der Waals surface area contributed by atoms with E-state index in [0.717, 1.165) is 37.8 Å². The van der Waals surface area contributed by atoms with Gasteiger partial charge in [0.1, 0.15) is 0 Å². The van der Waals surface area contributed by atoms with Crippen molar-refractivity contribution in [1.29, 1.82) is 0 Å². The van der Waals surface area contributed by atoms with Crippen LogP contribution < -0.4 is 9.47 Å². The molecule has 0 N–H and O–H groups in total. The minimum atomic E-state index is 0.132. The third-order valence-corrected chi connectivity index (χ3v) is 3.51. The minimum absolute atomic E-state index is 0.132. The number of morpholine rings is 1. The smallest absolute Gasteiger partial charge is 0.166 e. The molecule has 1 heterocycles. The molecule has 0 amide bonds. The van der Waals surface area contributed by atoms with Crippen LogP contribution in [0.3, 0.4) is 0 Å². The summed E-state index contributed by atoms with van der Waals surface area (Å²) < 4.78 is 16.9. The van der Waals surface area contributed by atoms with Gasteiger partial charge in [-0.25, -0.2) is 0 Å². The van der Waals surface area contributed by atoms with Gasteiger partial charge >= 0.3 is 0 Å². The van der Waals surface area contributed by atoms with Crippen molar-refractivity contribution in [3.63, 3.8) is 0 Å². The quantitative estimate of drug-likeness (QED) is 0.829. The van der Waals surface area contributed by atoms with Crippen LogP contribution in [0.1, 0.15) is 26.3 Å². The standard InChI is InChI=1S/C16H25NO3/c1-12(2)20-16-14(6-5-7-15(16)18-4)10-17-8-9-19-11-13(17)3/h5-7,12-13H,8-11H2,1-4H3/t13-/m1/s1. The molecule has 4 nitrogen and oxygen atoms in total. The minimum Gasteiger partial charge on any atom is -0.493 e. The zero-order valence-electron chi connectivity index (χ0n) is 12.9. The van der Waals surface area contributed by atoms with E-state index in [1.54, 1.807) is 7.11 Å². The summed E-state index contributed by atoms with van der Waals surface area (Å²) >= 11 is 0. The lowest BCUT2D eigenvalue weighted by atomic mass is 10.1. The van der Waals surface area contributed by atoms with E-state index in [1.165, 1.54) is 5.56 Å². The molecular formula is C16H25NO3. The molecule has 1 atom stereocenters. The Bertz CT molecular complexity index is 434. The van der Waals surface area contributed by atoms with Crippen molar-refractivity contribution in [3.8, 4) is 11.5 Å². The number of rotatable bonds is 5. The summed E-state index contributed by atoms with van der Waals surface area (Å²) in [7, 11) is 1.68. The van der Waals surface area contributed by atoms with Crippen molar-refractivity contribution < 1.29 is 14.2 Å². The van der Waals surface area contributed by atoms with E-state index in [9.17, 15) is 0 Å². The zero-order chi connectivity index (χ0) is 14.5. The predicted molar refractivity (Wildman–Crippen MR) is 79.4 cm³/mol. The van der Waals surface area contributed by atoms with Crippen LogP contribution in [-0.2, 0) is 11.3 Å². The van der Waals surface area contributed by atoms with Gasteiger partial charge < -0.3 is 14.2 Å². The molecule has 20 heavy (non-hydrogen) atoms. The number of ether oxygens (including phenoxy) is 3. The SMILES string of the molecule is COc1cccc(CN2CCOC[C@H]2C)c1OC(C)C. The Morgan fingerprint density at radius 3 is 2.85 bits per heavy atom. The van der Waals surface area contributed by atoms with Crippen LogP contribution in [0.5, 0.6) is 11.5 Å². The van der Waals surface area contributed by atoms with E-state index < -0.39 is 0 Å². The molecule has 1 aliphatic heterocycles. The van der Waals surface area contributed by atoms with E-state index in [1.807, 2.05) is 26.0 Å². The van der Waals surface area contributed by atoms with Gasteiger partial charge in [0, 0.05) is 24.7 Å². The summed E-state index contributed by atoms with van der Waals surface area (Å²) in [5.74, 6) is 1.67. The predicted octanol–water partition coefficient (Wildman–Crippen LogP) is 2.70. The molecule has 1 aromatic rings. The maximum atomic E-state index is 5.96. The highest BCUT2D eigenvalue weighted by Gasteiger charge is 2.21. The van der Waals surface area contributed by atoms with Crippen molar-refractivity contribution >= 4 is 0 Å². The Kier molecular flexibility index (Phi) is 5.26. The second-order valence-electron chi connectivity index (χ2n) is 5.51. The fourth-order valence-electron chi connectivity index (χ4n) is 2.43. The second kappa shape index (κ2) is 6.95. The molecule has 0 aromatic heterocycles. The number of para-hydroxylation sites is 1. The van der Waals surface area contributed by atoms with Gasteiger partial charge in [0.25, 0.3) is 0 Å². The molecule has 1 fully saturated rings. The average molecular weight is 279 g/mol. The summed E-state index contributed by atoms with van der Waals surface area (Å²) in [5, 5.41) is 0. The Morgan fingerprint density at radius 1 is 1.40 bits per heavy atom. The summed E-state index contributed by atoms with van der Waals surface area (Å²) in [6, 6.07) is 6.51. The van der Waals surface area contributed by atoms with Crippen LogP contribution in [0.25, 0.3) is 0 Å². The van der Waals surface area contributed by atoms with Crippen LogP contribution in [0.15, 0.2) is 18.2 Å². The molecular weight excluding hydrogens is 254 g/mol. The van der Waals surface area contributed by atoms with Gasteiger partial charge in [0.2, 0.25) is 0 Å². The molecule has 0 saturated carbocycles. The fraction of sp³-hybridized carbons (Fsp3) is 0.625. The first kappa shape index (κ1) is 15.1. The third kappa shape index (κ3) is 3.64. The summed E-state index contributed by atoms with van der Waals surface area (Å²) in [6.07, 6.45) is 0.132. The Labute approximate surface area is 121 Å². The monoisotopic (exact) mass is 279 g/mol. The summed E-state index contributed by atoms with van der Waals surface area (Å²) in [5.41, 5.74) is 1.17. The number of benzene rings is 1. The molecule has 0 aliphatic carbocycles. The van der Waals surface area contributed by atoms with E-state index in [4.69, 9.17) is 14.2 Å². The lowest BCUT2D eigenvalue weighted by Gasteiger charge is -2.33. The van der Waals surface area contributed by atoms with Gasteiger partial charge in [-0.2, -0.15) is 0 Å². The van der Waals surface area contributed by atoms with Crippen molar-refractivity contribution in [3.05, 3.63) is 23.8 Å². The average Bonchev–Trinajstić information content (AvgIpc) is 2.42. The van der Waals surface area contributed by atoms with Gasteiger partial charge in [0.15, 0.2) is 11.5 Å². The molecule has 4 heteroatoms. The van der Waals surface area contributed by atoms with Gasteiger partial charge in [0.05, 0.1) is 26.4 Å². The van der Waals surface area contributed by atoms with E-state index in [0.29, 0.717) is 6.04 Å². The first-order valence-electron chi connectivity index (χ1n) is 7.26. The maximum absolute atomic E-state index is 5.96. The van der Waals surface area contributed by atoms with Crippen LogP contribution in [-0.4, -0.2) is 43.9 Å². The topological polar surface area (TPSA) is 30.9 Å². The first-order valence-corrected chi connectivity index (χ1v) is 7.26. The van der Waals surface area contributed by atoms with Crippen LogP contribution in [0.4, 0.5) is 0 Å². The van der Waals surface area contributed by atoms with Crippen LogP contribution in [0, 0.1) is 0 Å². The highest BCUT2D eigenvalue weighted by Crippen LogP contribution is 2.33. The van der Waals surface area contributed by atoms with Crippen molar-refractivity contribution in [1.82, 2.24) is 4.90 Å². The summed E-state index contributed by atoms with van der Waals surface area (Å²) in [6.45, 7) is 9.69. The third-order valence-electron chi connectivity index (χ3n) is 3.51. The highest BCUT2D eigenvalue weighted by atomic mass is 16.5. The lowest BCUT2D eigenvalue weighted by Crippen LogP contribution is -2.43. The molecule has 1 aromatic carbocycles. The van der Waals surface area contributed by atoms with E-state index >= 15 is 0 Å². The fourth-order valence-corrected chi connectivity index (χ4v) is 2.43. The van der Waals surface area contributed by atoms with E-state index in [2.05, 4.69) is 17.9 Å². The number of methoxy groups -OCH3 is 1. The Hall–Kier alpha value is -1.26. The molecule has 1 aliphatic rings. The molecule has 2 rings (SSSR count). The largest absolute Gasteiger partial charge is 0.493 e. The van der Waals surface area contributed by atoms with Crippen LogP contribution >= 0.6 is 0 Å². The molecule has 1 saturated heterocycles. The summed E-state index contributed by atoms with van der Waals surface area (Å²) in [4.78, 5) is 2.42. The van der Waals surface area contributed by atoms with Gasteiger partial charge in [-0.15, -0.1) is 0 Å². The van der Waals surface area contributed by atoms with Crippen molar-refractivity contribution in [2.24, 2.45) is 0 Å². The van der Waals surface area contributed by atoms with Gasteiger partial charge in [-0.1, -0.05) is 12.1 Å². The van der Waals surface area contributed by atoms with Crippen molar-refractivity contribution in [2.75, 3.05) is 26.9 Å². The Balaban J connectivity index is 2.21. The van der Waals surface area contributed by atoms with Gasteiger partial charge in [-0.3, -0.25) is 4.90 Å². The van der Waals surface area contributed by atoms with Crippen molar-refractivity contribution in [2.45, 2.75) is 39.5 Å².